The van der Waals surface area contributed by atoms with Crippen molar-refractivity contribution < 1.29 is 27.4 Å². The molecule has 1 aromatic rings. The predicted molar refractivity (Wildman–Crippen MR) is 74.3 cm³/mol. The van der Waals surface area contributed by atoms with E-state index in [1.165, 1.54) is 40.1 Å². The maximum absolute atomic E-state index is 13.9. The number of sulfonamides is 1. The highest BCUT2D eigenvalue weighted by Gasteiger charge is 2.28. The molecule has 1 unspecified atom stereocenters. The Labute approximate surface area is 123 Å². The van der Waals surface area contributed by atoms with Crippen LogP contribution in [-0.2, 0) is 14.8 Å². The van der Waals surface area contributed by atoms with Gasteiger partial charge >= 0.3 is 5.97 Å². The summed E-state index contributed by atoms with van der Waals surface area (Å²) in [4.78, 5) is 10.6. The molecular weight excluding hydrogens is 301 g/mol. The van der Waals surface area contributed by atoms with Crippen molar-refractivity contribution in [1.82, 2.24) is 4.31 Å². The van der Waals surface area contributed by atoms with Gasteiger partial charge in [-0.3, -0.25) is 4.79 Å². The first-order valence-electron chi connectivity index (χ1n) is 6.15. The number of hydrogen-bond donors (Lipinski definition) is 1. The molecule has 0 fully saturated rings. The second kappa shape index (κ2) is 6.40. The molecule has 0 spiro atoms. The van der Waals surface area contributed by atoms with Crippen molar-refractivity contribution in [3.63, 3.8) is 0 Å². The minimum atomic E-state index is -3.97. The zero-order chi connectivity index (χ0) is 16.4. The van der Waals surface area contributed by atoms with Gasteiger partial charge in [0.15, 0.2) is 11.6 Å². The molecule has 1 rings (SSSR count). The fourth-order valence-electron chi connectivity index (χ4n) is 1.81. The standard InChI is InChI=1S/C13H18FNO5S/c1-8(13(16)17)7-15(3)21(18,19)11-6-5-10(20-4)12(14)9(11)2/h5-6,8H,7H2,1-4H3,(H,16,17). The van der Waals surface area contributed by atoms with E-state index < -0.39 is 27.7 Å². The number of carboxylic acid groups (broad SMARTS) is 1. The van der Waals surface area contributed by atoms with Crippen molar-refractivity contribution in [2.45, 2.75) is 18.7 Å². The first-order valence-corrected chi connectivity index (χ1v) is 7.59. The number of hydrogen-bond acceptors (Lipinski definition) is 4. The Hall–Kier alpha value is -1.67. The van der Waals surface area contributed by atoms with E-state index in [0.29, 0.717) is 0 Å². The van der Waals surface area contributed by atoms with Crippen molar-refractivity contribution in [2.75, 3.05) is 20.7 Å². The molecule has 0 aliphatic rings. The summed E-state index contributed by atoms with van der Waals surface area (Å²) < 4.78 is 44.4. The monoisotopic (exact) mass is 319 g/mol. The van der Waals surface area contributed by atoms with Gasteiger partial charge in [-0.1, -0.05) is 6.92 Å². The average molecular weight is 319 g/mol. The van der Waals surface area contributed by atoms with E-state index in [9.17, 15) is 17.6 Å². The van der Waals surface area contributed by atoms with Gasteiger partial charge in [-0.05, 0) is 19.1 Å². The second-order valence-corrected chi connectivity index (χ2v) is 6.74. The van der Waals surface area contributed by atoms with Gasteiger partial charge in [0.05, 0.1) is 17.9 Å². The predicted octanol–water partition coefficient (Wildman–Crippen LogP) is 1.48. The zero-order valence-electron chi connectivity index (χ0n) is 12.3. The summed E-state index contributed by atoms with van der Waals surface area (Å²) in [6, 6.07) is 2.47. The van der Waals surface area contributed by atoms with E-state index >= 15 is 0 Å². The van der Waals surface area contributed by atoms with E-state index in [1.54, 1.807) is 0 Å². The van der Waals surface area contributed by atoms with Crippen molar-refractivity contribution in [3.05, 3.63) is 23.5 Å². The van der Waals surface area contributed by atoms with Crippen LogP contribution in [0.1, 0.15) is 12.5 Å². The van der Waals surface area contributed by atoms with Gasteiger partial charge in [0.25, 0.3) is 0 Å². The minimum absolute atomic E-state index is 0.0481. The molecule has 118 valence electrons. The summed E-state index contributed by atoms with van der Waals surface area (Å²) >= 11 is 0. The number of aliphatic carboxylic acids is 1. The molecule has 0 aliphatic carbocycles. The molecule has 0 aromatic heterocycles. The smallest absolute Gasteiger partial charge is 0.307 e. The van der Waals surface area contributed by atoms with E-state index in [0.717, 1.165) is 4.31 Å². The number of ether oxygens (including phenoxy) is 1. The molecule has 0 bridgehead atoms. The third kappa shape index (κ3) is 3.51. The lowest BCUT2D eigenvalue weighted by Gasteiger charge is -2.20. The molecule has 8 heteroatoms. The normalized spacial score (nSPS) is 13.2. The van der Waals surface area contributed by atoms with Gasteiger partial charge in [0.2, 0.25) is 10.0 Å². The number of nitrogens with zero attached hydrogens (tertiary/aromatic N) is 1. The van der Waals surface area contributed by atoms with E-state index in [2.05, 4.69) is 0 Å². The van der Waals surface area contributed by atoms with Gasteiger partial charge in [0.1, 0.15) is 0 Å². The van der Waals surface area contributed by atoms with Crippen molar-refractivity contribution in [2.24, 2.45) is 5.92 Å². The lowest BCUT2D eigenvalue weighted by molar-refractivity contribution is -0.141. The van der Waals surface area contributed by atoms with Gasteiger partial charge in [-0.2, -0.15) is 0 Å². The van der Waals surface area contributed by atoms with E-state index in [-0.39, 0.29) is 22.8 Å². The highest BCUT2D eigenvalue weighted by atomic mass is 32.2. The number of halogens is 1. The lowest BCUT2D eigenvalue weighted by Crippen LogP contribution is -2.34. The average Bonchev–Trinajstić information content (AvgIpc) is 2.41. The maximum Gasteiger partial charge on any atom is 0.307 e. The summed E-state index contributed by atoms with van der Waals surface area (Å²) in [5.41, 5.74) is -0.0656. The number of benzene rings is 1. The summed E-state index contributed by atoms with van der Waals surface area (Å²) in [5, 5.41) is 8.84. The molecule has 0 amide bonds. The molecule has 0 saturated heterocycles. The summed E-state index contributed by atoms with van der Waals surface area (Å²) in [7, 11) is -1.43. The first-order chi connectivity index (χ1) is 9.62. The van der Waals surface area contributed by atoms with Crippen LogP contribution in [0.25, 0.3) is 0 Å². The highest BCUT2D eigenvalue weighted by Crippen LogP contribution is 2.27. The Kier molecular flexibility index (Phi) is 5.30. The Morgan fingerprint density at radius 1 is 1.48 bits per heavy atom. The summed E-state index contributed by atoms with van der Waals surface area (Å²) in [6.45, 7) is 2.53. The Morgan fingerprint density at radius 3 is 2.52 bits per heavy atom. The number of carbonyl (C=O) groups is 1. The van der Waals surface area contributed by atoms with Crippen LogP contribution < -0.4 is 4.74 Å². The van der Waals surface area contributed by atoms with Crippen LogP contribution in [0.4, 0.5) is 4.39 Å². The fraction of sp³-hybridized carbons (Fsp3) is 0.462. The van der Waals surface area contributed by atoms with Crippen LogP contribution in [0.5, 0.6) is 5.75 Å². The number of carboxylic acids is 1. The fourth-order valence-corrected chi connectivity index (χ4v) is 3.28. The largest absolute Gasteiger partial charge is 0.494 e. The Bertz CT molecular complexity index is 644. The summed E-state index contributed by atoms with van der Waals surface area (Å²) in [5.74, 6) is -2.77. The SMILES string of the molecule is COc1ccc(S(=O)(=O)N(C)CC(C)C(=O)O)c(C)c1F. The van der Waals surface area contributed by atoms with Gasteiger partial charge in [-0.15, -0.1) is 0 Å². The second-order valence-electron chi connectivity index (χ2n) is 4.73. The Balaban J connectivity index is 3.20. The van der Waals surface area contributed by atoms with Gasteiger partial charge in [-0.25, -0.2) is 17.1 Å². The van der Waals surface area contributed by atoms with E-state index in [4.69, 9.17) is 9.84 Å². The van der Waals surface area contributed by atoms with Gasteiger partial charge in [0, 0.05) is 19.2 Å². The quantitative estimate of drug-likeness (QED) is 0.858. The maximum atomic E-state index is 13.9. The molecule has 0 aliphatic heterocycles. The molecular formula is C13H18FNO5S. The Morgan fingerprint density at radius 2 is 2.05 bits per heavy atom. The molecule has 1 atom stereocenters. The molecule has 0 saturated carbocycles. The van der Waals surface area contributed by atoms with Gasteiger partial charge < -0.3 is 9.84 Å². The first kappa shape index (κ1) is 17.4. The van der Waals surface area contributed by atoms with Crippen LogP contribution in [0, 0.1) is 18.7 Å². The topological polar surface area (TPSA) is 83.9 Å². The van der Waals surface area contributed by atoms with E-state index in [1.807, 2.05) is 0 Å². The van der Waals surface area contributed by atoms with Crippen LogP contribution in [-0.4, -0.2) is 44.5 Å². The minimum Gasteiger partial charge on any atom is -0.494 e. The summed E-state index contributed by atoms with van der Waals surface area (Å²) in [6.07, 6.45) is 0. The highest BCUT2D eigenvalue weighted by molar-refractivity contribution is 7.89. The molecule has 21 heavy (non-hydrogen) atoms. The lowest BCUT2D eigenvalue weighted by atomic mass is 10.2. The zero-order valence-corrected chi connectivity index (χ0v) is 13.1. The third-order valence-corrected chi connectivity index (χ3v) is 5.13. The molecule has 0 radical (unpaired) electrons. The molecule has 6 nitrogen and oxygen atoms in total. The van der Waals surface area contributed by atoms with Crippen LogP contribution >= 0.6 is 0 Å². The van der Waals surface area contributed by atoms with Crippen LogP contribution in [0.15, 0.2) is 17.0 Å². The van der Waals surface area contributed by atoms with Crippen molar-refractivity contribution in [1.29, 1.82) is 0 Å². The van der Waals surface area contributed by atoms with Crippen molar-refractivity contribution >= 4 is 16.0 Å². The molecule has 1 aromatic carbocycles. The van der Waals surface area contributed by atoms with Crippen LogP contribution in [0.2, 0.25) is 0 Å². The van der Waals surface area contributed by atoms with Crippen LogP contribution in [0.3, 0.4) is 0 Å². The third-order valence-electron chi connectivity index (χ3n) is 3.16. The molecule has 0 heterocycles. The number of methoxy groups -OCH3 is 1. The number of rotatable bonds is 6. The van der Waals surface area contributed by atoms with Crippen molar-refractivity contribution in [3.8, 4) is 5.75 Å². The molecule has 1 N–H and O–H groups in total.